The average molecular weight is 445 g/mol. The van der Waals surface area contributed by atoms with Gasteiger partial charge < -0.3 is 24.4 Å². The number of amides is 1. The van der Waals surface area contributed by atoms with Gasteiger partial charge >= 0.3 is 0 Å². The summed E-state index contributed by atoms with van der Waals surface area (Å²) in [5.41, 5.74) is 4.70. The standard InChI is InChI=1S/C26H32N6O/c1-3-26(33)31-11-4-5-20(18-31)23-10-12-32-19-27-25(17-24(23)32)28-21-6-8-22(9-7-21)30-15-13-29(2)14-16-30/h3,6-10,12,17,19-20,28H,1,4-5,11,13-16,18H2,2H3. The molecule has 1 amide bonds. The summed E-state index contributed by atoms with van der Waals surface area (Å²) in [5.74, 6) is 1.17. The van der Waals surface area contributed by atoms with E-state index in [9.17, 15) is 4.79 Å². The quantitative estimate of drug-likeness (QED) is 0.608. The Morgan fingerprint density at radius 2 is 1.91 bits per heavy atom. The minimum Gasteiger partial charge on any atom is -0.369 e. The van der Waals surface area contributed by atoms with Crippen molar-refractivity contribution >= 4 is 28.6 Å². The maximum Gasteiger partial charge on any atom is 0.245 e. The Bertz CT molecular complexity index is 1130. The Morgan fingerprint density at radius 3 is 2.67 bits per heavy atom. The topological polar surface area (TPSA) is 56.1 Å². The first kappa shape index (κ1) is 21.5. The molecule has 1 unspecified atom stereocenters. The van der Waals surface area contributed by atoms with Crippen molar-refractivity contribution < 1.29 is 4.79 Å². The van der Waals surface area contributed by atoms with Crippen LogP contribution in [0.4, 0.5) is 17.2 Å². The van der Waals surface area contributed by atoms with Crippen molar-refractivity contribution in [2.45, 2.75) is 18.8 Å². The number of likely N-dealkylation sites (tertiary alicyclic amines) is 1. The van der Waals surface area contributed by atoms with Gasteiger partial charge in [0.1, 0.15) is 12.1 Å². The molecule has 4 heterocycles. The summed E-state index contributed by atoms with van der Waals surface area (Å²) < 4.78 is 2.06. The van der Waals surface area contributed by atoms with Gasteiger partial charge in [0.25, 0.3) is 0 Å². The number of hydrogen-bond acceptors (Lipinski definition) is 5. The lowest BCUT2D eigenvalue weighted by molar-refractivity contribution is -0.127. The van der Waals surface area contributed by atoms with Gasteiger partial charge in [0.05, 0.1) is 5.52 Å². The largest absolute Gasteiger partial charge is 0.369 e. The molecule has 1 N–H and O–H groups in total. The molecule has 7 heteroatoms. The molecular formula is C26H32N6O. The molecule has 3 aromatic rings. The lowest BCUT2D eigenvalue weighted by Crippen LogP contribution is -2.44. The van der Waals surface area contributed by atoms with Gasteiger partial charge in [-0.2, -0.15) is 0 Å². The monoisotopic (exact) mass is 444 g/mol. The highest BCUT2D eigenvalue weighted by Crippen LogP contribution is 2.32. The number of benzene rings is 1. The summed E-state index contributed by atoms with van der Waals surface area (Å²) in [4.78, 5) is 23.4. The number of fused-ring (bicyclic) bond motifs is 1. The zero-order valence-corrected chi connectivity index (χ0v) is 19.3. The fourth-order valence-corrected chi connectivity index (χ4v) is 4.97. The number of rotatable bonds is 5. The van der Waals surface area contributed by atoms with Gasteiger partial charge in [-0.15, -0.1) is 0 Å². The molecule has 2 aliphatic heterocycles. The summed E-state index contributed by atoms with van der Waals surface area (Å²) in [6.07, 6.45) is 7.42. The lowest BCUT2D eigenvalue weighted by Gasteiger charge is -2.34. The molecule has 5 rings (SSSR count). The fourth-order valence-electron chi connectivity index (χ4n) is 4.97. The third-order valence-corrected chi connectivity index (χ3v) is 6.94. The Kier molecular flexibility index (Phi) is 6.05. The predicted octanol–water partition coefficient (Wildman–Crippen LogP) is 3.72. The second kappa shape index (κ2) is 9.27. The van der Waals surface area contributed by atoms with Crippen LogP contribution in [-0.2, 0) is 4.79 Å². The average Bonchev–Trinajstić information content (AvgIpc) is 3.28. The van der Waals surface area contributed by atoms with Gasteiger partial charge in [0.2, 0.25) is 5.91 Å². The first-order chi connectivity index (χ1) is 16.1. The van der Waals surface area contributed by atoms with Crippen LogP contribution in [0.2, 0.25) is 0 Å². The molecule has 1 atom stereocenters. The number of nitrogens with zero attached hydrogens (tertiary/aromatic N) is 5. The summed E-state index contributed by atoms with van der Waals surface area (Å²) in [5, 5.41) is 3.46. The highest BCUT2D eigenvalue weighted by Gasteiger charge is 2.25. The van der Waals surface area contributed by atoms with E-state index in [4.69, 9.17) is 0 Å². The zero-order valence-electron chi connectivity index (χ0n) is 19.3. The molecule has 2 saturated heterocycles. The van der Waals surface area contributed by atoms with Crippen LogP contribution in [-0.4, -0.2) is 71.4 Å². The second-order valence-corrected chi connectivity index (χ2v) is 9.13. The normalized spacial score (nSPS) is 19.6. The number of piperazine rings is 1. The number of likely N-dealkylation sites (N-methyl/N-ethyl adjacent to an activating group) is 1. The first-order valence-corrected chi connectivity index (χ1v) is 11.8. The molecular weight excluding hydrogens is 412 g/mol. The summed E-state index contributed by atoms with van der Waals surface area (Å²) in [6, 6.07) is 12.9. The summed E-state index contributed by atoms with van der Waals surface area (Å²) in [6.45, 7) is 9.53. The van der Waals surface area contributed by atoms with Crippen molar-refractivity contribution in [3.63, 3.8) is 0 Å². The van der Waals surface area contributed by atoms with E-state index in [1.165, 1.54) is 17.3 Å². The molecule has 2 aromatic heterocycles. The molecule has 0 radical (unpaired) electrons. The van der Waals surface area contributed by atoms with Crippen molar-refractivity contribution in [1.82, 2.24) is 19.2 Å². The Labute approximate surface area is 195 Å². The second-order valence-electron chi connectivity index (χ2n) is 9.13. The van der Waals surface area contributed by atoms with Crippen molar-refractivity contribution in [2.24, 2.45) is 0 Å². The van der Waals surface area contributed by atoms with Gasteiger partial charge in [-0.1, -0.05) is 6.58 Å². The van der Waals surface area contributed by atoms with Crippen LogP contribution in [0.25, 0.3) is 5.52 Å². The number of aromatic nitrogens is 2. The van der Waals surface area contributed by atoms with E-state index in [1.54, 1.807) is 0 Å². The van der Waals surface area contributed by atoms with Crippen molar-refractivity contribution in [1.29, 1.82) is 0 Å². The zero-order chi connectivity index (χ0) is 22.8. The summed E-state index contributed by atoms with van der Waals surface area (Å²) >= 11 is 0. The fraction of sp³-hybridized carbons (Fsp3) is 0.385. The van der Waals surface area contributed by atoms with Crippen LogP contribution >= 0.6 is 0 Å². The molecule has 172 valence electrons. The third-order valence-electron chi connectivity index (χ3n) is 6.94. The van der Waals surface area contributed by atoms with Crippen LogP contribution in [0.15, 0.2) is 61.6 Å². The van der Waals surface area contributed by atoms with Gasteiger partial charge in [0.15, 0.2) is 0 Å². The first-order valence-electron chi connectivity index (χ1n) is 11.8. The third kappa shape index (κ3) is 4.59. The number of nitrogens with one attached hydrogen (secondary N) is 1. The molecule has 0 aliphatic carbocycles. The van der Waals surface area contributed by atoms with E-state index in [2.05, 4.69) is 80.7 Å². The molecule has 2 aliphatic rings. The lowest BCUT2D eigenvalue weighted by atomic mass is 9.91. The van der Waals surface area contributed by atoms with E-state index in [-0.39, 0.29) is 5.91 Å². The van der Waals surface area contributed by atoms with Crippen molar-refractivity contribution in [3.8, 4) is 0 Å². The maximum absolute atomic E-state index is 12.1. The summed E-state index contributed by atoms with van der Waals surface area (Å²) in [7, 11) is 2.18. The van der Waals surface area contributed by atoms with Crippen LogP contribution in [0.3, 0.4) is 0 Å². The minimum atomic E-state index is 0.0206. The molecule has 0 spiro atoms. The highest BCUT2D eigenvalue weighted by molar-refractivity contribution is 5.87. The molecule has 0 saturated carbocycles. The van der Waals surface area contributed by atoms with E-state index < -0.39 is 0 Å². The minimum absolute atomic E-state index is 0.0206. The van der Waals surface area contributed by atoms with Crippen LogP contribution < -0.4 is 10.2 Å². The smallest absolute Gasteiger partial charge is 0.245 e. The Morgan fingerprint density at radius 1 is 1.12 bits per heavy atom. The van der Waals surface area contributed by atoms with Crippen LogP contribution in [0.1, 0.15) is 24.3 Å². The molecule has 33 heavy (non-hydrogen) atoms. The molecule has 0 bridgehead atoms. The van der Waals surface area contributed by atoms with E-state index in [0.717, 1.165) is 69.1 Å². The number of carbonyl (C=O) groups excluding carboxylic acids is 1. The van der Waals surface area contributed by atoms with E-state index >= 15 is 0 Å². The van der Waals surface area contributed by atoms with Gasteiger partial charge in [-0.05, 0) is 61.9 Å². The van der Waals surface area contributed by atoms with Crippen molar-refractivity contribution in [2.75, 3.05) is 56.5 Å². The maximum atomic E-state index is 12.1. The predicted molar refractivity (Wildman–Crippen MR) is 133 cm³/mol. The molecule has 1 aromatic carbocycles. The molecule has 7 nitrogen and oxygen atoms in total. The SMILES string of the molecule is C=CC(=O)N1CCCC(c2ccn3cnc(Nc4ccc(N5CCN(C)CC5)cc4)cc23)C1. The van der Waals surface area contributed by atoms with Crippen molar-refractivity contribution in [3.05, 3.63) is 67.1 Å². The van der Waals surface area contributed by atoms with Crippen LogP contribution in [0, 0.1) is 0 Å². The van der Waals surface area contributed by atoms with Gasteiger partial charge in [-0.3, -0.25) is 4.79 Å². The molecule has 2 fully saturated rings. The van der Waals surface area contributed by atoms with Gasteiger partial charge in [-0.25, -0.2) is 4.98 Å². The number of hydrogen-bond donors (Lipinski definition) is 1. The number of anilines is 3. The number of carbonyl (C=O) groups is 1. The van der Waals surface area contributed by atoms with E-state index in [0.29, 0.717) is 5.92 Å². The number of piperidine rings is 1. The Balaban J connectivity index is 1.31. The van der Waals surface area contributed by atoms with Crippen LogP contribution in [0.5, 0.6) is 0 Å². The van der Waals surface area contributed by atoms with E-state index in [1.807, 2.05) is 11.2 Å². The highest BCUT2D eigenvalue weighted by atomic mass is 16.2. The van der Waals surface area contributed by atoms with Gasteiger partial charge in [0, 0.05) is 68.8 Å². The Hall–Kier alpha value is -3.32.